The summed E-state index contributed by atoms with van der Waals surface area (Å²) in [7, 11) is 2.00. The largest absolute Gasteiger partial charge is 0.453 e. The zero-order valence-electron chi connectivity index (χ0n) is 31.8. The summed E-state index contributed by atoms with van der Waals surface area (Å²) in [5, 5.41) is 4.11. The number of aromatic nitrogens is 4. The molecule has 0 aliphatic carbocycles. The molecule has 4 unspecified atom stereocenters. The molecular formula is C38H42F6N8O6. The topological polar surface area (TPSA) is 175 Å². The number of likely N-dealkylation sites (tertiary alicyclic amines) is 2. The lowest BCUT2D eigenvalue weighted by molar-refractivity contribution is -0.290. The van der Waals surface area contributed by atoms with Crippen molar-refractivity contribution in [1.82, 2.24) is 40.4 Å². The fraction of sp³-hybridized carbons (Fsp3) is 0.474. The van der Waals surface area contributed by atoms with Crippen LogP contribution in [0.5, 0.6) is 0 Å². The number of H-pyrrole nitrogens is 2. The van der Waals surface area contributed by atoms with Crippen molar-refractivity contribution in [3.8, 4) is 22.4 Å². The van der Waals surface area contributed by atoms with Gasteiger partial charge in [0.05, 0.1) is 49.2 Å². The lowest BCUT2D eigenvalue weighted by Gasteiger charge is -2.34. The fourth-order valence-electron chi connectivity index (χ4n) is 7.59. The number of carbonyl (C=O) groups is 4. The molecule has 2 aliphatic heterocycles. The van der Waals surface area contributed by atoms with Gasteiger partial charge in [-0.25, -0.2) is 19.6 Å². The van der Waals surface area contributed by atoms with E-state index in [0.29, 0.717) is 35.6 Å². The average Bonchev–Trinajstić information content (AvgIpc) is 4.00. The smallest absolute Gasteiger partial charge is 0.407 e. The molecule has 2 fully saturated rings. The molecule has 14 nitrogen and oxygen atoms in total. The Hall–Kier alpha value is -5.82. The van der Waals surface area contributed by atoms with Crippen molar-refractivity contribution in [3.05, 3.63) is 60.3 Å². The number of amides is 4. The number of alkyl halides is 6. The number of hydrogen-bond donors (Lipinski definition) is 4. The third-order valence-electron chi connectivity index (χ3n) is 10.5. The molecule has 4 N–H and O–H groups in total. The molecular weight excluding hydrogens is 778 g/mol. The van der Waals surface area contributed by atoms with E-state index in [1.165, 1.54) is 18.6 Å². The summed E-state index contributed by atoms with van der Waals surface area (Å²) in [6, 6.07) is 7.92. The third-order valence-corrected chi connectivity index (χ3v) is 10.5. The Bertz CT molecular complexity index is 2120. The molecule has 6 rings (SSSR count). The molecule has 4 heterocycles. The number of imidazole rings is 2. The van der Waals surface area contributed by atoms with Gasteiger partial charge >= 0.3 is 24.5 Å². The number of halogens is 6. The van der Waals surface area contributed by atoms with Gasteiger partial charge in [-0.3, -0.25) is 9.59 Å². The SMILES string of the molecule is COC(=O)NC(C(=O)N1CCCC1c1nc2ccc(-c3ccc(-c4cnc(C5CCCN5C(=O)C(NC(=O)OC)C(C(F)(F)F)C(F)(F)F)[nH]4)cc3)cc2[nH]1)C(C)C. The van der Waals surface area contributed by atoms with E-state index in [2.05, 4.69) is 25.0 Å². The first-order valence-electron chi connectivity index (χ1n) is 18.5. The predicted molar refractivity (Wildman–Crippen MR) is 196 cm³/mol. The van der Waals surface area contributed by atoms with E-state index in [-0.39, 0.29) is 43.1 Å². The van der Waals surface area contributed by atoms with Gasteiger partial charge in [-0.2, -0.15) is 26.3 Å². The summed E-state index contributed by atoms with van der Waals surface area (Å²) >= 11 is 0. The van der Waals surface area contributed by atoms with Crippen LogP contribution in [0.2, 0.25) is 0 Å². The first-order chi connectivity index (χ1) is 27.4. The van der Waals surface area contributed by atoms with Gasteiger partial charge in [0, 0.05) is 13.1 Å². The van der Waals surface area contributed by atoms with Gasteiger partial charge in [0.1, 0.15) is 23.7 Å². The van der Waals surface area contributed by atoms with E-state index < -0.39 is 54.5 Å². The van der Waals surface area contributed by atoms with Crippen LogP contribution in [0.4, 0.5) is 35.9 Å². The number of alkyl carbamates (subject to hydrolysis) is 2. The van der Waals surface area contributed by atoms with Gasteiger partial charge in [-0.05, 0) is 60.4 Å². The molecule has 4 amide bonds. The third kappa shape index (κ3) is 8.69. The zero-order chi connectivity index (χ0) is 42.1. The molecule has 2 aliphatic rings. The van der Waals surface area contributed by atoms with Crippen LogP contribution in [0.3, 0.4) is 0 Å². The highest BCUT2D eigenvalue weighted by atomic mass is 19.4. The lowest BCUT2D eigenvalue weighted by Crippen LogP contribution is -2.59. The second-order valence-electron chi connectivity index (χ2n) is 14.5. The Labute approximate surface area is 328 Å². The number of methoxy groups -OCH3 is 2. The van der Waals surface area contributed by atoms with Gasteiger partial charge in [-0.1, -0.05) is 44.2 Å². The second-order valence-corrected chi connectivity index (χ2v) is 14.5. The fourth-order valence-corrected chi connectivity index (χ4v) is 7.59. The number of benzene rings is 2. The van der Waals surface area contributed by atoms with Crippen molar-refractivity contribution < 1.29 is 55.0 Å². The summed E-state index contributed by atoms with van der Waals surface area (Å²) < 4.78 is 91.3. The van der Waals surface area contributed by atoms with Crippen molar-refractivity contribution in [1.29, 1.82) is 0 Å². The van der Waals surface area contributed by atoms with Crippen molar-refractivity contribution in [2.45, 2.75) is 76.1 Å². The van der Waals surface area contributed by atoms with Crippen LogP contribution in [0.15, 0.2) is 48.7 Å². The van der Waals surface area contributed by atoms with Crippen molar-refractivity contribution >= 4 is 35.0 Å². The van der Waals surface area contributed by atoms with Gasteiger partial charge in [-0.15, -0.1) is 0 Å². The molecule has 0 spiro atoms. The highest BCUT2D eigenvalue weighted by Crippen LogP contribution is 2.43. The summed E-state index contributed by atoms with van der Waals surface area (Å²) in [4.78, 5) is 68.9. The van der Waals surface area contributed by atoms with Gasteiger partial charge in [0.2, 0.25) is 11.8 Å². The highest BCUT2D eigenvalue weighted by molar-refractivity contribution is 5.88. The minimum absolute atomic E-state index is 0.153. The van der Waals surface area contributed by atoms with Crippen LogP contribution in [0.1, 0.15) is 63.3 Å². The average molecular weight is 821 g/mol. The summed E-state index contributed by atoms with van der Waals surface area (Å²) in [6.07, 6.45) is -10.8. The second kappa shape index (κ2) is 16.6. The molecule has 4 atom stereocenters. The number of hydrogen-bond acceptors (Lipinski definition) is 8. The number of aromatic amines is 2. The van der Waals surface area contributed by atoms with Gasteiger partial charge in [0.25, 0.3) is 0 Å². The zero-order valence-corrected chi connectivity index (χ0v) is 31.8. The monoisotopic (exact) mass is 820 g/mol. The first-order valence-corrected chi connectivity index (χ1v) is 18.5. The minimum atomic E-state index is -5.91. The van der Waals surface area contributed by atoms with E-state index in [9.17, 15) is 45.5 Å². The Morgan fingerprint density at radius 1 is 0.741 bits per heavy atom. The van der Waals surface area contributed by atoms with E-state index in [1.807, 2.05) is 44.2 Å². The standard InChI is InChI=1S/C38H42F6N8O6/c1-19(2)28(49-35(55)57-3)33(53)52-16-6-8-27(52)32-46-23-14-13-22(17-24(23)47-32)20-9-11-21(12-10-20)25-18-45-31(48-25)26-7-5-15-51(26)34(54)29(50-36(56)58-4)30(37(39,40)41)38(42,43)44/h9-14,17-19,26-30H,5-8,15-16H2,1-4H3,(H,45,48)(H,46,47)(H,49,55)(H,50,56). The normalized spacial score (nSPS) is 18.5. The van der Waals surface area contributed by atoms with Gasteiger partial charge in [0.15, 0.2) is 5.92 Å². The maximum atomic E-state index is 13.7. The van der Waals surface area contributed by atoms with Crippen LogP contribution >= 0.6 is 0 Å². The summed E-state index contributed by atoms with van der Waals surface area (Å²) in [6.45, 7) is 4.04. The number of carbonyl (C=O) groups excluding carboxylic acids is 4. The summed E-state index contributed by atoms with van der Waals surface area (Å²) in [5.41, 5.74) is 4.29. The van der Waals surface area contributed by atoms with Crippen LogP contribution in [-0.4, -0.2) is 105 Å². The molecule has 20 heteroatoms. The van der Waals surface area contributed by atoms with Crippen molar-refractivity contribution in [2.24, 2.45) is 11.8 Å². The quantitative estimate of drug-likeness (QED) is 0.127. The molecule has 2 aromatic carbocycles. The maximum Gasteiger partial charge on any atom is 0.407 e. The minimum Gasteiger partial charge on any atom is -0.453 e. The Balaban J connectivity index is 1.18. The summed E-state index contributed by atoms with van der Waals surface area (Å²) in [5.74, 6) is -5.36. The molecule has 4 aromatic rings. The van der Waals surface area contributed by atoms with Crippen molar-refractivity contribution in [2.75, 3.05) is 27.3 Å². The number of rotatable bonds is 10. The molecule has 2 saturated heterocycles. The molecule has 2 aromatic heterocycles. The van der Waals surface area contributed by atoms with Crippen LogP contribution in [0, 0.1) is 11.8 Å². The van der Waals surface area contributed by atoms with Crippen LogP contribution in [-0.2, 0) is 19.1 Å². The Kier molecular flexibility index (Phi) is 11.9. The molecule has 0 saturated carbocycles. The first kappa shape index (κ1) is 41.8. The maximum absolute atomic E-state index is 13.7. The number of ether oxygens (including phenoxy) is 2. The van der Waals surface area contributed by atoms with Crippen LogP contribution in [0.25, 0.3) is 33.4 Å². The van der Waals surface area contributed by atoms with E-state index in [0.717, 1.165) is 35.1 Å². The van der Waals surface area contributed by atoms with E-state index >= 15 is 0 Å². The Morgan fingerprint density at radius 2 is 1.26 bits per heavy atom. The van der Waals surface area contributed by atoms with Crippen molar-refractivity contribution in [3.63, 3.8) is 0 Å². The van der Waals surface area contributed by atoms with E-state index in [1.54, 1.807) is 17.0 Å². The Morgan fingerprint density at radius 3 is 1.81 bits per heavy atom. The number of nitrogens with one attached hydrogen (secondary N) is 4. The predicted octanol–water partition coefficient (Wildman–Crippen LogP) is 6.79. The molecule has 312 valence electrons. The highest BCUT2D eigenvalue weighted by Gasteiger charge is 2.63. The molecule has 58 heavy (non-hydrogen) atoms. The lowest BCUT2D eigenvalue weighted by atomic mass is 9.96. The number of nitrogens with zero attached hydrogens (tertiary/aromatic N) is 4. The molecule has 0 bridgehead atoms. The van der Waals surface area contributed by atoms with E-state index in [4.69, 9.17) is 9.72 Å². The molecule has 0 radical (unpaired) electrons. The number of fused-ring (bicyclic) bond motifs is 1. The van der Waals surface area contributed by atoms with Crippen LogP contribution < -0.4 is 10.6 Å². The van der Waals surface area contributed by atoms with Gasteiger partial charge < -0.3 is 39.9 Å².